The van der Waals surface area contributed by atoms with Crippen LogP contribution >= 0.6 is 11.6 Å². The Morgan fingerprint density at radius 2 is 1.32 bits per heavy atom. The van der Waals surface area contributed by atoms with Crippen molar-refractivity contribution in [1.29, 1.82) is 0 Å². The highest BCUT2D eigenvalue weighted by molar-refractivity contribution is 6.33. The molecule has 236 valence electrons. The highest BCUT2D eigenvalue weighted by Gasteiger charge is 2.43. The number of amides is 1. The first kappa shape index (κ1) is 35.3. The van der Waals surface area contributed by atoms with Crippen molar-refractivity contribution < 1.29 is 64.1 Å². The molecule has 1 unspecified atom stereocenters. The monoisotopic (exact) mass is 658 g/mol. The molecular formula is C25H16ClF9N4O5. The molecule has 3 aromatic heterocycles. The molecule has 9 nitrogen and oxygen atoms in total. The molecule has 0 aliphatic heterocycles. The minimum atomic E-state index is -5.08. The molecule has 4 aromatic rings. The number of benzene rings is 1. The zero-order valence-corrected chi connectivity index (χ0v) is 22.0. The number of carbonyl (C=O) groups excluding carboxylic acids is 1. The number of rotatable bonds is 4. The van der Waals surface area contributed by atoms with E-state index in [1.807, 2.05) is 5.32 Å². The van der Waals surface area contributed by atoms with Gasteiger partial charge in [-0.3, -0.25) is 14.2 Å². The molecule has 0 fully saturated rings. The van der Waals surface area contributed by atoms with Crippen LogP contribution in [0.4, 0.5) is 39.5 Å². The number of hydrogen-bond acceptors (Lipinski definition) is 5. The number of carbonyl (C=O) groups is 3. The van der Waals surface area contributed by atoms with Gasteiger partial charge in [0.25, 0.3) is 5.91 Å². The van der Waals surface area contributed by atoms with Gasteiger partial charge in [-0.25, -0.2) is 14.6 Å². The third kappa shape index (κ3) is 9.58. The van der Waals surface area contributed by atoms with Crippen LogP contribution in [0.5, 0.6) is 0 Å². The lowest BCUT2D eigenvalue weighted by molar-refractivity contribution is -0.193. The van der Waals surface area contributed by atoms with Crippen LogP contribution in [0.1, 0.15) is 22.2 Å². The topological polar surface area (TPSA) is 134 Å². The molecule has 1 aromatic carbocycles. The normalized spacial score (nSPS) is 12.2. The molecule has 1 atom stereocenters. The van der Waals surface area contributed by atoms with E-state index in [0.29, 0.717) is 21.9 Å². The van der Waals surface area contributed by atoms with Crippen LogP contribution in [0.15, 0.2) is 73.1 Å². The Hall–Kier alpha value is -4.87. The van der Waals surface area contributed by atoms with E-state index in [-0.39, 0.29) is 11.4 Å². The van der Waals surface area contributed by atoms with Crippen molar-refractivity contribution in [2.75, 3.05) is 0 Å². The summed E-state index contributed by atoms with van der Waals surface area (Å²) in [5, 5.41) is 16.7. The fourth-order valence-corrected chi connectivity index (χ4v) is 3.33. The van der Waals surface area contributed by atoms with E-state index in [2.05, 4.69) is 9.97 Å². The van der Waals surface area contributed by atoms with Crippen LogP contribution in [0.3, 0.4) is 0 Å². The minimum absolute atomic E-state index is 0.143. The van der Waals surface area contributed by atoms with Gasteiger partial charge in [0.1, 0.15) is 5.82 Å². The maximum Gasteiger partial charge on any atom is 0.490 e. The van der Waals surface area contributed by atoms with Crippen LogP contribution in [0.2, 0.25) is 5.02 Å². The molecule has 0 bridgehead atoms. The van der Waals surface area contributed by atoms with Crippen LogP contribution in [0.25, 0.3) is 16.9 Å². The van der Waals surface area contributed by atoms with Crippen molar-refractivity contribution in [2.45, 2.75) is 24.6 Å². The number of halogens is 10. The molecule has 0 aliphatic rings. The summed E-state index contributed by atoms with van der Waals surface area (Å²) < 4.78 is 106. The summed E-state index contributed by atoms with van der Waals surface area (Å²) in [6.45, 7) is 0. The third-order valence-electron chi connectivity index (χ3n) is 4.95. The lowest BCUT2D eigenvalue weighted by Crippen LogP contribution is -2.38. The van der Waals surface area contributed by atoms with Crippen LogP contribution in [0, 0.1) is 0 Å². The minimum Gasteiger partial charge on any atom is -0.475 e. The number of alkyl halides is 9. The second-order valence-corrected chi connectivity index (χ2v) is 8.44. The highest BCUT2D eigenvalue weighted by Crippen LogP contribution is 2.33. The van der Waals surface area contributed by atoms with E-state index in [0.717, 1.165) is 0 Å². The van der Waals surface area contributed by atoms with Crippen LogP contribution in [-0.2, 0) is 9.59 Å². The molecule has 0 aliphatic carbocycles. The fourth-order valence-electron chi connectivity index (χ4n) is 3.11. The number of hydrogen-bond donors (Lipinski definition) is 3. The van der Waals surface area contributed by atoms with E-state index < -0.39 is 42.4 Å². The Morgan fingerprint density at radius 1 is 0.795 bits per heavy atom. The van der Waals surface area contributed by atoms with Crippen molar-refractivity contribution >= 4 is 35.0 Å². The Morgan fingerprint density at radius 3 is 1.80 bits per heavy atom. The summed E-state index contributed by atoms with van der Waals surface area (Å²) in [6.07, 6.45) is -12.0. The predicted molar refractivity (Wildman–Crippen MR) is 134 cm³/mol. The van der Waals surface area contributed by atoms with Gasteiger partial charge in [0.05, 0.1) is 16.2 Å². The molecule has 4 rings (SSSR count). The smallest absolute Gasteiger partial charge is 0.475 e. The molecule has 19 heteroatoms. The molecule has 44 heavy (non-hydrogen) atoms. The maximum absolute atomic E-state index is 13.6. The summed E-state index contributed by atoms with van der Waals surface area (Å²) in [5.41, 5.74) is 0.451. The van der Waals surface area contributed by atoms with Crippen molar-refractivity contribution in [3.05, 3.63) is 89.5 Å². The average Bonchev–Trinajstić information content (AvgIpc) is 3.31. The zero-order valence-electron chi connectivity index (χ0n) is 21.2. The van der Waals surface area contributed by atoms with E-state index in [9.17, 15) is 44.3 Å². The van der Waals surface area contributed by atoms with E-state index in [1.54, 1.807) is 53.1 Å². The number of nitrogens with zero attached hydrogens (tertiary/aromatic N) is 3. The molecule has 1 amide bonds. The first-order valence-electron chi connectivity index (χ1n) is 11.4. The summed E-state index contributed by atoms with van der Waals surface area (Å²) in [5.74, 6) is -6.13. The summed E-state index contributed by atoms with van der Waals surface area (Å²) in [6, 6.07) is 13.8. The lowest BCUT2D eigenvalue weighted by atomic mass is 10.1. The first-order chi connectivity index (χ1) is 20.2. The molecule has 0 radical (unpaired) electrons. The van der Waals surface area contributed by atoms with Gasteiger partial charge in [-0.2, -0.15) is 39.5 Å². The lowest BCUT2D eigenvalue weighted by Gasteiger charge is -2.20. The van der Waals surface area contributed by atoms with E-state index in [1.165, 1.54) is 24.4 Å². The van der Waals surface area contributed by atoms with Crippen LogP contribution < -0.4 is 5.32 Å². The largest absolute Gasteiger partial charge is 0.490 e. The molecule has 3 heterocycles. The zero-order chi connectivity index (χ0) is 33.5. The van der Waals surface area contributed by atoms with Crippen LogP contribution in [-0.4, -0.2) is 61.0 Å². The van der Waals surface area contributed by atoms with Gasteiger partial charge in [-0.15, -0.1) is 0 Å². The van der Waals surface area contributed by atoms with Crippen molar-refractivity contribution in [3.8, 4) is 11.4 Å². The second-order valence-electron chi connectivity index (χ2n) is 8.03. The Kier molecular flexibility index (Phi) is 11.3. The van der Waals surface area contributed by atoms with Gasteiger partial charge < -0.3 is 15.5 Å². The molecule has 0 saturated carbocycles. The van der Waals surface area contributed by atoms with Crippen molar-refractivity contribution in [2.24, 2.45) is 0 Å². The average molecular weight is 659 g/mol. The van der Waals surface area contributed by atoms with Crippen molar-refractivity contribution in [3.63, 3.8) is 0 Å². The second kappa shape index (κ2) is 14.1. The number of carboxylic acid groups (broad SMARTS) is 2. The van der Waals surface area contributed by atoms with Gasteiger partial charge in [-0.05, 0) is 36.4 Å². The number of fused-ring (bicyclic) bond motifs is 1. The van der Waals surface area contributed by atoms with Gasteiger partial charge in [-0.1, -0.05) is 35.9 Å². The summed E-state index contributed by atoms with van der Waals surface area (Å²) in [4.78, 5) is 38.7. The highest BCUT2D eigenvalue weighted by atomic mass is 35.5. The number of aromatic nitrogens is 3. The number of aliphatic carboxylic acids is 2. The third-order valence-corrected chi connectivity index (χ3v) is 5.28. The van der Waals surface area contributed by atoms with E-state index >= 15 is 0 Å². The van der Waals surface area contributed by atoms with E-state index in [4.69, 9.17) is 31.4 Å². The van der Waals surface area contributed by atoms with Crippen molar-refractivity contribution in [1.82, 2.24) is 19.7 Å². The molecule has 0 saturated heterocycles. The van der Waals surface area contributed by atoms with Gasteiger partial charge in [0.15, 0.2) is 11.7 Å². The SMILES string of the molecule is O=C(NC(c1ccccn1)C(F)(F)F)c1nc(-c2ccccc2Cl)n2ccccc12.O=C(O)C(F)(F)F.O=C(O)C(F)(F)F. The van der Waals surface area contributed by atoms with Gasteiger partial charge in [0, 0.05) is 18.0 Å². The molecular weight excluding hydrogens is 643 g/mol. The number of pyridine rings is 2. The Labute approximate surface area is 244 Å². The fraction of sp³-hybridized carbons (Fsp3) is 0.160. The number of nitrogens with one attached hydrogen (secondary N) is 1. The maximum atomic E-state index is 13.6. The molecule has 0 spiro atoms. The molecule has 3 N–H and O–H groups in total. The summed E-state index contributed by atoms with van der Waals surface area (Å²) in [7, 11) is 0. The number of carboxylic acids is 2. The standard InChI is InChI=1S/C21H14ClF3N4O.2C2HF3O2/c22-14-8-2-1-7-13(14)19-27-17(16-10-4-6-12-29(16)19)20(30)28-18(21(23,24)25)15-9-3-5-11-26-15;2*3-2(4,5)1(6)7/h1-12,18H,(H,28,30);2*(H,6,7). The Bertz CT molecular complexity index is 1580. The quantitative estimate of drug-likeness (QED) is 0.218. The van der Waals surface area contributed by atoms with Gasteiger partial charge >= 0.3 is 30.5 Å². The Balaban J connectivity index is 0.000000402. The summed E-state index contributed by atoms with van der Waals surface area (Å²) >= 11 is 6.26. The van der Waals surface area contributed by atoms with Gasteiger partial charge in [0.2, 0.25) is 0 Å². The predicted octanol–water partition coefficient (Wildman–Crippen LogP) is 6.35. The number of imidazole rings is 1. The first-order valence-corrected chi connectivity index (χ1v) is 11.7.